The highest BCUT2D eigenvalue weighted by atomic mass is 35.5. The van der Waals surface area contributed by atoms with Crippen LogP contribution in [0.4, 0.5) is 5.69 Å². The second kappa shape index (κ2) is 7.73. The van der Waals surface area contributed by atoms with Gasteiger partial charge in [-0.25, -0.2) is 0 Å². The first-order chi connectivity index (χ1) is 10.9. The van der Waals surface area contributed by atoms with E-state index >= 15 is 0 Å². The minimum absolute atomic E-state index is 0.00517. The number of likely N-dealkylation sites (N-methyl/N-ethyl adjacent to an activating group) is 1. The van der Waals surface area contributed by atoms with Crippen molar-refractivity contribution in [2.24, 2.45) is 0 Å². The molecule has 122 valence electrons. The lowest BCUT2D eigenvalue weighted by atomic mass is 10.1. The van der Waals surface area contributed by atoms with Gasteiger partial charge in [-0.3, -0.25) is 14.5 Å². The van der Waals surface area contributed by atoms with Gasteiger partial charge in [-0.1, -0.05) is 11.6 Å². The molecule has 2 aromatic rings. The fraction of sp³-hybridized carbons (Fsp3) is 0.294. The van der Waals surface area contributed by atoms with Crippen molar-refractivity contribution >= 4 is 40.3 Å². The Morgan fingerprint density at radius 2 is 1.87 bits per heavy atom. The molecule has 1 N–H and O–H groups in total. The van der Waals surface area contributed by atoms with Crippen LogP contribution in [0.15, 0.2) is 36.4 Å². The molecule has 0 fully saturated rings. The van der Waals surface area contributed by atoms with Crippen LogP contribution in [-0.4, -0.2) is 29.7 Å². The number of Topliss-reactive ketones (excluding diaryl/α,β-unsaturated/α-hetero) is 1. The summed E-state index contributed by atoms with van der Waals surface area (Å²) in [7, 11) is 1.90. The molecule has 0 spiro atoms. The lowest BCUT2D eigenvalue weighted by molar-refractivity contribution is -0.120. The summed E-state index contributed by atoms with van der Waals surface area (Å²) >= 11 is 7.44. The van der Waals surface area contributed by atoms with Crippen LogP contribution < -0.4 is 5.32 Å². The summed E-state index contributed by atoms with van der Waals surface area (Å²) in [5.74, 6) is -0.0867. The number of rotatable bonds is 6. The van der Waals surface area contributed by atoms with Crippen molar-refractivity contribution in [1.82, 2.24) is 4.90 Å². The van der Waals surface area contributed by atoms with E-state index in [0.29, 0.717) is 17.8 Å². The molecule has 0 aliphatic heterocycles. The molecule has 0 bridgehead atoms. The van der Waals surface area contributed by atoms with Crippen LogP contribution >= 0.6 is 22.9 Å². The average molecular weight is 351 g/mol. The van der Waals surface area contributed by atoms with Gasteiger partial charge < -0.3 is 5.32 Å². The van der Waals surface area contributed by atoms with Gasteiger partial charge in [0.25, 0.3) is 0 Å². The number of ketones is 1. The molecule has 0 aliphatic carbocycles. The van der Waals surface area contributed by atoms with Gasteiger partial charge in [-0.2, -0.15) is 0 Å². The number of thiophene rings is 1. The fourth-order valence-corrected chi connectivity index (χ4v) is 3.21. The van der Waals surface area contributed by atoms with Crippen LogP contribution in [0, 0.1) is 0 Å². The van der Waals surface area contributed by atoms with Gasteiger partial charge in [-0.15, -0.1) is 11.3 Å². The van der Waals surface area contributed by atoms with E-state index < -0.39 is 0 Å². The van der Waals surface area contributed by atoms with Gasteiger partial charge in [-0.05, 0) is 57.3 Å². The summed E-state index contributed by atoms with van der Waals surface area (Å²) < 4.78 is 0.746. The van der Waals surface area contributed by atoms with Crippen LogP contribution in [0.1, 0.15) is 29.1 Å². The van der Waals surface area contributed by atoms with Crippen LogP contribution in [0.25, 0.3) is 0 Å². The number of hydrogen-bond acceptors (Lipinski definition) is 4. The molecule has 1 atom stereocenters. The standard InChI is InChI=1S/C17H19ClN2O2S/c1-11(20(3)10-15-8-9-16(18)23-15)17(22)19-14-6-4-13(5-7-14)12(2)21/h4-9,11H,10H2,1-3H3,(H,19,22)/t11-/m0/s1. The maximum absolute atomic E-state index is 12.3. The first-order valence-corrected chi connectivity index (χ1v) is 8.42. The molecular formula is C17H19ClN2O2S. The summed E-state index contributed by atoms with van der Waals surface area (Å²) in [5.41, 5.74) is 1.31. The Bertz CT molecular complexity index is 697. The van der Waals surface area contributed by atoms with E-state index in [1.54, 1.807) is 24.3 Å². The molecule has 23 heavy (non-hydrogen) atoms. The van der Waals surface area contributed by atoms with Crippen LogP contribution in [0.3, 0.4) is 0 Å². The van der Waals surface area contributed by atoms with Gasteiger partial charge >= 0.3 is 0 Å². The molecule has 1 aromatic carbocycles. The van der Waals surface area contributed by atoms with Crippen molar-refractivity contribution in [2.75, 3.05) is 12.4 Å². The Hall–Kier alpha value is -1.69. The maximum Gasteiger partial charge on any atom is 0.241 e. The Morgan fingerprint density at radius 3 is 2.39 bits per heavy atom. The number of halogens is 1. The summed E-state index contributed by atoms with van der Waals surface area (Å²) in [4.78, 5) is 26.6. The number of amides is 1. The molecule has 0 radical (unpaired) electrons. The monoisotopic (exact) mass is 350 g/mol. The Morgan fingerprint density at radius 1 is 1.22 bits per heavy atom. The minimum Gasteiger partial charge on any atom is -0.325 e. The van der Waals surface area contributed by atoms with Gasteiger partial charge in [0, 0.05) is 22.7 Å². The second-order valence-corrected chi connectivity index (χ2v) is 7.22. The van der Waals surface area contributed by atoms with E-state index in [0.717, 1.165) is 9.21 Å². The zero-order chi connectivity index (χ0) is 17.0. The zero-order valence-electron chi connectivity index (χ0n) is 13.3. The third-order valence-corrected chi connectivity index (χ3v) is 4.85. The van der Waals surface area contributed by atoms with Crippen molar-refractivity contribution < 1.29 is 9.59 Å². The number of hydrogen-bond donors (Lipinski definition) is 1. The van der Waals surface area contributed by atoms with Crippen molar-refractivity contribution in [1.29, 1.82) is 0 Å². The SMILES string of the molecule is CC(=O)c1ccc(NC(=O)[C@H](C)N(C)Cc2ccc(Cl)s2)cc1. The van der Waals surface area contributed by atoms with Crippen LogP contribution in [0.2, 0.25) is 4.34 Å². The van der Waals surface area contributed by atoms with Crippen molar-refractivity contribution in [3.05, 3.63) is 51.2 Å². The zero-order valence-corrected chi connectivity index (χ0v) is 14.9. The van der Waals surface area contributed by atoms with Crippen molar-refractivity contribution in [2.45, 2.75) is 26.4 Å². The van der Waals surface area contributed by atoms with E-state index in [9.17, 15) is 9.59 Å². The van der Waals surface area contributed by atoms with Gasteiger partial charge in [0.15, 0.2) is 5.78 Å². The normalized spacial score (nSPS) is 12.2. The quantitative estimate of drug-likeness (QED) is 0.799. The Balaban J connectivity index is 1.94. The summed E-state index contributed by atoms with van der Waals surface area (Å²) in [6.07, 6.45) is 0. The molecule has 0 aliphatic rings. The number of anilines is 1. The first-order valence-electron chi connectivity index (χ1n) is 7.23. The van der Waals surface area contributed by atoms with E-state index in [-0.39, 0.29) is 17.7 Å². The predicted octanol–water partition coefficient (Wildman–Crippen LogP) is 4.06. The van der Waals surface area contributed by atoms with Gasteiger partial charge in [0.2, 0.25) is 5.91 Å². The largest absolute Gasteiger partial charge is 0.325 e. The highest BCUT2D eigenvalue weighted by molar-refractivity contribution is 7.16. The molecule has 1 heterocycles. The minimum atomic E-state index is -0.289. The van der Waals surface area contributed by atoms with Crippen molar-refractivity contribution in [3.63, 3.8) is 0 Å². The van der Waals surface area contributed by atoms with E-state index in [1.807, 2.05) is 31.0 Å². The highest BCUT2D eigenvalue weighted by Crippen LogP contribution is 2.23. The molecule has 4 nitrogen and oxygen atoms in total. The van der Waals surface area contributed by atoms with Gasteiger partial charge in [0.05, 0.1) is 10.4 Å². The number of carbonyl (C=O) groups excluding carboxylic acids is 2. The average Bonchev–Trinajstić information content (AvgIpc) is 2.92. The smallest absolute Gasteiger partial charge is 0.241 e. The lowest BCUT2D eigenvalue weighted by Crippen LogP contribution is -2.39. The molecule has 6 heteroatoms. The molecule has 1 amide bonds. The molecule has 2 rings (SSSR count). The maximum atomic E-state index is 12.3. The fourth-order valence-electron chi connectivity index (χ4n) is 2.05. The number of carbonyl (C=O) groups is 2. The number of nitrogens with zero attached hydrogens (tertiary/aromatic N) is 1. The summed E-state index contributed by atoms with van der Waals surface area (Å²) in [6.45, 7) is 4.03. The highest BCUT2D eigenvalue weighted by Gasteiger charge is 2.19. The van der Waals surface area contributed by atoms with Crippen molar-refractivity contribution in [3.8, 4) is 0 Å². The number of benzene rings is 1. The van der Waals surface area contributed by atoms with E-state index in [2.05, 4.69) is 5.32 Å². The third kappa shape index (κ3) is 4.89. The van der Waals surface area contributed by atoms with E-state index in [1.165, 1.54) is 18.3 Å². The second-order valence-electron chi connectivity index (χ2n) is 5.42. The van der Waals surface area contributed by atoms with E-state index in [4.69, 9.17) is 11.6 Å². The Labute approximate surface area is 145 Å². The molecule has 1 aromatic heterocycles. The number of nitrogens with one attached hydrogen (secondary N) is 1. The van der Waals surface area contributed by atoms with Gasteiger partial charge in [0.1, 0.15) is 0 Å². The molecule has 0 saturated carbocycles. The van der Waals surface area contributed by atoms with Crippen LogP contribution in [0.5, 0.6) is 0 Å². The summed E-state index contributed by atoms with van der Waals surface area (Å²) in [5, 5.41) is 2.87. The molecular weight excluding hydrogens is 332 g/mol. The predicted molar refractivity (Wildman–Crippen MR) is 95.3 cm³/mol. The topological polar surface area (TPSA) is 49.4 Å². The third-order valence-electron chi connectivity index (χ3n) is 3.63. The lowest BCUT2D eigenvalue weighted by Gasteiger charge is -2.23. The van der Waals surface area contributed by atoms with Crippen LogP contribution in [-0.2, 0) is 11.3 Å². The molecule has 0 unspecified atom stereocenters. The Kier molecular flexibility index (Phi) is 5.93. The summed E-state index contributed by atoms with van der Waals surface area (Å²) in [6, 6.07) is 10.4. The first kappa shape index (κ1) is 17.7. The molecule has 0 saturated heterocycles.